The summed E-state index contributed by atoms with van der Waals surface area (Å²) in [4.78, 5) is 33.1. The van der Waals surface area contributed by atoms with Crippen LogP contribution < -0.4 is 15.1 Å². The Bertz CT molecular complexity index is 1500. The molecule has 5 rings (SSSR count). The number of aryl methyl sites for hydroxylation is 2. The van der Waals surface area contributed by atoms with Crippen LogP contribution >= 0.6 is 11.8 Å². The molecule has 4 aromatic rings. The molecule has 1 N–H and O–H groups in total. The molecule has 39 heavy (non-hydrogen) atoms. The largest absolute Gasteiger partial charge is 0.370 e. The van der Waals surface area contributed by atoms with Crippen LogP contribution in [0.4, 0.5) is 11.4 Å². The third kappa shape index (κ3) is 5.86. The molecule has 6 heteroatoms. The number of benzene rings is 4. The Labute approximate surface area is 234 Å². The number of rotatable bonds is 8. The Morgan fingerprint density at radius 2 is 1.67 bits per heavy atom. The van der Waals surface area contributed by atoms with Crippen LogP contribution in [0.5, 0.6) is 0 Å². The van der Waals surface area contributed by atoms with E-state index in [9.17, 15) is 9.59 Å². The van der Waals surface area contributed by atoms with Gasteiger partial charge in [0.05, 0.1) is 17.8 Å². The summed E-state index contributed by atoms with van der Waals surface area (Å²) in [7, 11) is 0. The van der Waals surface area contributed by atoms with Crippen LogP contribution in [0.3, 0.4) is 0 Å². The van der Waals surface area contributed by atoms with E-state index in [0.717, 1.165) is 44.4 Å². The molecule has 198 valence electrons. The first-order valence-corrected chi connectivity index (χ1v) is 14.1. The van der Waals surface area contributed by atoms with E-state index in [1.54, 1.807) is 11.8 Å². The average molecular weight is 536 g/mol. The van der Waals surface area contributed by atoms with Crippen LogP contribution in [0.15, 0.2) is 101 Å². The lowest BCUT2D eigenvalue weighted by molar-refractivity contribution is 0.0950. The number of anilines is 2. The van der Waals surface area contributed by atoms with Gasteiger partial charge in [0.25, 0.3) is 11.8 Å². The minimum atomic E-state index is -0.146. The molecule has 0 radical (unpaired) electrons. The highest BCUT2D eigenvalue weighted by Crippen LogP contribution is 2.42. The van der Waals surface area contributed by atoms with Gasteiger partial charge in [-0.2, -0.15) is 0 Å². The minimum absolute atomic E-state index is 0.0586. The van der Waals surface area contributed by atoms with Crippen molar-refractivity contribution in [2.24, 2.45) is 0 Å². The van der Waals surface area contributed by atoms with Gasteiger partial charge in [0, 0.05) is 40.7 Å². The number of nitrogens with zero attached hydrogens (tertiary/aromatic N) is 2. The van der Waals surface area contributed by atoms with Crippen LogP contribution in [-0.2, 0) is 6.54 Å². The van der Waals surface area contributed by atoms with E-state index in [0.29, 0.717) is 30.8 Å². The number of likely N-dealkylation sites (N-methyl/N-ethyl adjacent to an activating group) is 1. The smallest absolute Gasteiger partial charge is 0.259 e. The summed E-state index contributed by atoms with van der Waals surface area (Å²) in [6, 6.07) is 29.9. The second-order valence-corrected chi connectivity index (χ2v) is 10.9. The Balaban J connectivity index is 1.41. The van der Waals surface area contributed by atoms with Gasteiger partial charge in [-0.25, -0.2) is 0 Å². The number of hydrogen-bond donors (Lipinski definition) is 1. The number of carbonyl (C=O) groups excluding carboxylic acids is 2. The van der Waals surface area contributed by atoms with Gasteiger partial charge in [-0.05, 0) is 74.4 Å². The lowest BCUT2D eigenvalue weighted by Crippen LogP contribution is -2.35. The molecule has 0 spiro atoms. The maximum atomic E-state index is 13.9. The van der Waals surface area contributed by atoms with Gasteiger partial charge in [-0.3, -0.25) is 9.59 Å². The summed E-state index contributed by atoms with van der Waals surface area (Å²) in [5.74, 6) is -0.204. The lowest BCUT2D eigenvalue weighted by atomic mass is 10.0. The van der Waals surface area contributed by atoms with Crippen molar-refractivity contribution in [1.82, 2.24) is 5.32 Å². The zero-order valence-corrected chi connectivity index (χ0v) is 23.4. The van der Waals surface area contributed by atoms with Crippen molar-refractivity contribution in [3.63, 3.8) is 0 Å². The van der Waals surface area contributed by atoms with E-state index >= 15 is 0 Å². The average Bonchev–Trinajstić information content (AvgIpc) is 3.07. The normalized spacial score (nSPS) is 12.4. The molecule has 1 aliphatic rings. The van der Waals surface area contributed by atoms with Crippen molar-refractivity contribution in [1.29, 1.82) is 0 Å². The molecule has 5 nitrogen and oxygen atoms in total. The van der Waals surface area contributed by atoms with Crippen molar-refractivity contribution < 1.29 is 9.59 Å². The summed E-state index contributed by atoms with van der Waals surface area (Å²) in [6.07, 6.45) is 0. The lowest BCUT2D eigenvalue weighted by Gasteiger charge is -2.25. The van der Waals surface area contributed by atoms with Gasteiger partial charge in [0.15, 0.2) is 0 Å². The summed E-state index contributed by atoms with van der Waals surface area (Å²) in [5.41, 5.74) is 6.49. The van der Waals surface area contributed by atoms with Gasteiger partial charge in [0.1, 0.15) is 0 Å². The Kier molecular flexibility index (Phi) is 8.03. The van der Waals surface area contributed by atoms with E-state index in [4.69, 9.17) is 0 Å². The van der Waals surface area contributed by atoms with Crippen LogP contribution in [0, 0.1) is 13.8 Å². The highest BCUT2D eigenvalue weighted by molar-refractivity contribution is 7.99. The standard InChI is InChI=1S/C33H33N3O2S/c1-4-35(27-10-6-5-7-11-27)19-18-34-32(37)25-16-17-31-29(21-25)36(22-26-20-23(2)14-15-24(26)3)33(38)28-12-8-9-13-30(28)39-31/h5-17,20-21H,4,18-19,22H2,1-3H3,(H,34,37). The minimum Gasteiger partial charge on any atom is -0.370 e. The number of amides is 2. The van der Waals surface area contributed by atoms with Gasteiger partial charge >= 0.3 is 0 Å². The monoisotopic (exact) mass is 535 g/mol. The number of fused-ring (bicyclic) bond motifs is 2. The number of para-hydroxylation sites is 1. The fourth-order valence-corrected chi connectivity index (χ4v) is 5.93. The second kappa shape index (κ2) is 11.8. The second-order valence-electron chi connectivity index (χ2n) is 9.77. The predicted octanol–water partition coefficient (Wildman–Crippen LogP) is 6.87. The zero-order chi connectivity index (χ0) is 27.4. The van der Waals surface area contributed by atoms with Gasteiger partial charge < -0.3 is 15.1 Å². The number of hydrogen-bond acceptors (Lipinski definition) is 4. The molecule has 0 aliphatic carbocycles. The van der Waals surface area contributed by atoms with Gasteiger partial charge in [-0.15, -0.1) is 0 Å². The van der Waals surface area contributed by atoms with E-state index in [2.05, 4.69) is 61.3 Å². The SMILES string of the molecule is CCN(CCNC(=O)c1ccc2c(c1)N(Cc1cc(C)ccc1C)C(=O)c1ccccc1S2)c1ccccc1. The summed E-state index contributed by atoms with van der Waals surface area (Å²) >= 11 is 1.57. The first-order valence-electron chi connectivity index (χ1n) is 13.3. The van der Waals surface area contributed by atoms with E-state index in [1.165, 1.54) is 0 Å². The first kappa shape index (κ1) is 26.6. The molecule has 0 fully saturated rings. The highest BCUT2D eigenvalue weighted by Gasteiger charge is 2.28. The zero-order valence-electron chi connectivity index (χ0n) is 22.6. The molecule has 0 saturated carbocycles. The van der Waals surface area contributed by atoms with Gasteiger partial charge in [0.2, 0.25) is 0 Å². The van der Waals surface area contributed by atoms with E-state index in [-0.39, 0.29) is 11.8 Å². The fraction of sp³-hybridized carbons (Fsp3) is 0.212. The van der Waals surface area contributed by atoms with Crippen molar-refractivity contribution in [3.05, 3.63) is 119 Å². The molecule has 0 bridgehead atoms. The Morgan fingerprint density at radius 3 is 2.46 bits per heavy atom. The molecule has 0 saturated heterocycles. The molecule has 4 aromatic carbocycles. The Morgan fingerprint density at radius 1 is 0.897 bits per heavy atom. The van der Waals surface area contributed by atoms with Crippen LogP contribution in [0.2, 0.25) is 0 Å². The molecule has 0 aromatic heterocycles. The van der Waals surface area contributed by atoms with E-state index < -0.39 is 0 Å². The maximum absolute atomic E-state index is 13.9. The molecule has 1 heterocycles. The van der Waals surface area contributed by atoms with Crippen LogP contribution in [-0.4, -0.2) is 31.4 Å². The topological polar surface area (TPSA) is 52.7 Å². The summed E-state index contributed by atoms with van der Waals surface area (Å²) in [6.45, 7) is 8.75. The van der Waals surface area contributed by atoms with Crippen LogP contribution in [0.1, 0.15) is 44.3 Å². The van der Waals surface area contributed by atoms with Gasteiger partial charge in [-0.1, -0.05) is 65.9 Å². The third-order valence-corrected chi connectivity index (χ3v) is 8.24. The molecule has 0 unspecified atom stereocenters. The third-order valence-electron chi connectivity index (χ3n) is 7.10. The molecular weight excluding hydrogens is 502 g/mol. The molecular formula is C33H33N3O2S. The molecule has 1 aliphatic heterocycles. The maximum Gasteiger partial charge on any atom is 0.259 e. The fourth-order valence-electron chi connectivity index (χ4n) is 4.87. The number of carbonyl (C=O) groups is 2. The molecule has 0 atom stereocenters. The van der Waals surface area contributed by atoms with E-state index in [1.807, 2.05) is 65.6 Å². The van der Waals surface area contributed by atoms with Crippen molar-refractivity contribution in [2.45, 2.75) is 37.1 Å². The summed E-state index contributed by atoms with van der Waals surface area (Å²) in [5, 5.41) is 3.07. The van der Waals surface area contributed by atoms with Crippen molar-refractivity contribution in [3.8, 4) is 0 Å². The van der Waals surface area contributed by atoms with Crippen molar-refractivity contribution in [2.75, 3.05) is 29.4 Å². The highest BCUT2D eigenvalue weighted by atomic mass is 32.2. The first-order chi connectivity index (χ1) is 18.9. The van der Waals surface area contributed by atoms with Crippen LogP contribution in [0.25, 0.3) is 0 Å². The number of nitrogens with one attached hydrogen (secondary N) is 1. The Hall–Kier alpha value is -4.03. The molecule has 2 amide bonds. The van der Waals surface area contributed by atoms with Crippen molar-refractivity contribution >= 4 is 35.0 Å². The predicted molar refractivity (Wildman–Crippen MR) is 160 cm³/mol. The quantitative estimate of drug-likeness (QED) is 0.267. The summed E-state index contributed by atoms with van der Waals surface area (Å²) < 4.78 is 0.